The lowest BCUT2D eigenvalue weighted by atomic mass is 10.2. The van der Waals surface area contributed by atoms with Crippen LogP contribution in [0.3, 0.4) is 0 Å². The number of likely N-dealkylation sites (N-methyl/N-ethyl adjacent to an activating group) is 1. The van der Waals surface area contributed by atoms with Gasteiger partial charge < -0.3 is 10.1 Å². The number of thiazole rings is 1. The fourth-order valence-electron chi connectivity index (χ4n) is 2.79. The van der Waals surface area contributed by atoms with Gasteiger partial charge in [0, 0.05) is 24.2 Å². The standard InChI is InChI=1S/C23H27N3O2S/c1-17-4-8-19(9-5-17)24-22(27)14-23-25-20(16-29-23)15-26(3)12-13-28-21-10-6-18(2)7-11-21/h4-11,16H,12-15H2,1-3H3,(H,24,27). The highest BCUT2D eigenvalue weighted by Gasteiger charge is 2.10. The van der Waals surface area contributed by atoms with Gasteiger partial charge in [-0.25, -0.2) is 4.98 Å². The molecule has 0 saturated heterocycles. The Balaban J connectivity index is 1.41. The minimum Gasteiger partial charge on any atom is -0.492 e. The molecule has 5 nitrogen and oxygen atoms in total. The smallest absolute Gasteiger partial charge is 0.231 e. The summed E-state index contributed by atoms with van der Waals surface area (Å²) in [6.07, 6.45) is 0.290. The SMILES string of the molecule is Cc1ccc(NC(=O)Cc2nc(CN(C)CCOc3ccc(C)cc3)cs2)cc1. The Kier molecular flexibility index (Phi) is 7.38. The van der Waals surface area contributed by atoms with Crippen LogP contribution < -0.4 is 10.1 Å². The lowest BCUT2D eigenvalue weighted by molar-refractivity contribution is -0.115. The van der Waals surface area contributed by atoms with Gasteiger partial charge >= 0.3 is 0 Å². The predicted octanol–water partition coefficient (Wildman–Crippen LogP) is 4.45. The monoisotopic (exact) mass is 409 g/mol. The number of carbonyl (C=O) groups excluding carboxylic acids is 1. The number of benzene rings is 2. The lowest BCUT2D eigenvalue weighted by Gasteiger charge is -2.15. The molecule has 2 aromatic carbocycles. The van der Waals surface area contributed by atoms with E-state index >= 15 is 0 Å². The zero-order valence-electron chi connectivity index (χ0n) is 17.1. The Morgan fingerprint density at radius 2 is 1.72 bits per heavy atom. The number of rotatable bonds is 9. The molecule has 1 aromatic heterocycles. The van der Waals surface area contributed by atoms with Gasteiger partial charge in [-0.15, -0.1) is 11.3 Å². The number of anilines is 1. The largest absolute Gasteiger partial charge is 0.492 e. The highest BCUT2D eigenvalue weighted by atomic mass is 32.1. The molecule has 0 saturated carbocycles. The molecule has 0 bridgehead atoms. The molecular weight excluding hydrogens is 382 g/mol. The van der Waals surface area contributed by atoms with Crippen LogP contribution in [0.2, 0.25) is 0 Å². The Labute approximate surface area is 176 Å². The first kappa shape index (κ1) is 21.0. The normalized spacial score (nSPS) is 10.9. The lowest BCUT2D eigenvalue weighted by Crippen LogP contribution is -2.24. The predicted molar refractivity (Wildman–Crippen MR) is 119 cm³/mol. The van der Waals surface area contributed by atoms with Crippen molar-refractivity contribution in [2.45, 2.75) is 26.8 Å². The van der Waals surface area contributed by atoms with Crippen molar-refractivity contribution in [1.82, 2.24) is 9.88 Å². The topological polar surface area (TPSA) is 54.5 Å². The molecule has 0 aliphatic heterocycles. The molecule has 0 fully saturated rings. The summed E-state index contributed by atoms with van der Waals surface area (Å²) in [6.45, 7) is 6.23. The number of ether oxygens (including phenoxy) is 1. The molecule has 3 aromatic rings. The number of aryl methyl sites for hydroxylation is 2. The highest BCUT2D eigenvalue weighted by molar-refractivity contribution is 7.09. The molecule has 0 unspecified atom stereocenters. The van der Waals surface area contributed by atoms with E-state index in [2.05, 4.69) is 22.1 Å². The maximum Gasteiger partial charge on any atom is 0.231 e. The van der Waals surface area contributed by atoms with E-state index in [9.17, 15) is 4.79 Å². The average molecular weight is 410 g/mol. The van der Waals surface area contributed by atoms with E-state index in [-0.39, 0.29) is 5.91 Å². The van der Waals surface area contributed by atoms with Crippen molar-refractivity contribution >= 4 is 22.9 Å². The van der Waals surface area contributed by atoms with Gasteiger partial charge in [-0.2, -0.15) is 0 Å². The van der Waals surface area contributed by atoms with Gasteiger partial charge in [-0.3, -0.25) is 9.69 Å². The molecule has 152 valence electrons. The summed E-state index contributed by atoms with van der Waals surface area (Å²) < 4.78 is 5.78. The van der Waals surface area contributed by atoms with Crippen LogP contribution in [0.5, 0.6) is 5.75 Å². The molecule has 6 heteroatoms. The molecule has 0 aliphatic rings. The molecule has 29 heavy (non-hydrogen) atoms. The van der Waals surface area contributed by atoms with Crippen LogP contribution in [-0.4, -0.2) is 36.0 Å². The first-order chi connectivity index (χ1) is 14.0. The van der Waals surface area contributed by atoms with E-state index in [1.165, 1.54) is 22.5 Å². The van der Waals surface area contributed by atoms with E-state index in [0.29, 0.717) is 13.0 Å². The summed E-state index contributed by atoms with van der Waals surface area (Å²) >= 11 is 1.53. The first-order valence-electron chi connectivity index (χ1n) is 9.66. The fraction of sp³-hybridized carbons (Fsp3) is 0.304. The van der Waals surface area contributed by atoms with Crippen LogP contribution in [0.1, 0.15) is 21.8 Å². The van der Waals surface area contributed by atoms with Gasteiger partial charge in [0.1, 0.15) is 17.4 Å². The Morgan fingerprint density at radius 1 is 1.07 bits per heavy atom. The first-order valence-corrected chi connectivity index (χ1v) is 10.5. The molecule has 3 rings (SSSR count). The van der Waals surface area contributed by atoms with Crippen LogP contribution in [0, 0.1) is 13.8 Å². The Bertz CT molecular complexity index is 920. The van der Waals surface area contributed by atoms with Crippen molar-refractivity contribution in [1.29, 1.82) is 0 Å². The third-order valence-corrected chi connectivity index (χ3v) is 5.34. The van der Waals surface area contributed by atoms with Crippen LogP contribution in [-0.2, 0) is 17.8 Å². The van der Waals surface area contributed by atoms with Crippen molar-refractivity contribution in [3.63, 3.8) is 0 Å². The average Bonchev–Trinajstić information content (AvgIpc) is 3.11. The fourth-order valence-corrected chi connectivity index (χ4v) is 3.58. The summed E-state index contributed by atoms with van der Waals surface area (Å²) in [7, 11) is 2.04. The third kappa shape index (κ3) is 7.00. The van der Waals surface area contributed by atoms with Gasteiger partial charge in [0.15, 0.2) is 0 Å². The molecule has 0 radical (unpaired) electrons. The Hall–Kier alpha value is -2.70. The molecule has 1 amide bonds. The quantitative estimate of drug-likeness (QED) is 0.567. The summed E-state index contributed by atoms with van der Waals surface area (Å²) in [6, 6.07) is 15.9. The summed E-state index contributed by atoms with van der Waals surface area (Å²) in [5, 5.41) is 5.76. The number of carbonyl (C=O) groups is 1. The van der Waals surface area contributed by atoms with Gasteiger partial charge in [-0.05, 0) is 45.2 Å². The van der Waals surface area contributed by atoms with Gasteiger partial charge in [-0.1, -0.05) is 35.4 Å². The molecule has 0 aliphatic carbocycles. The molecule has 1 heterocycles. The van der Waals surface area contributed by atoms with Crippen molar-refractivity contribution < 1.29 is 9.53 Å². The van der Waals surface area contributed by atoms with Crippen molar-refractivity contribution in [2.24, 2.45) is 0 Å². The number of aromatic nitrogens is 1. The number of amides is 1. The highest BCUT2D eigenvalue weighted by Crippen LogP contribution is 2.15. The number of nitrogens with one attached hydrogen (secondary N) is 1. The molecule has 0 atom stereocenters. The van der Waals surface area contributed by atoms with Crippen LogP contribution >= 0.6 is 11.3 Å². The second-order valence-electron chi connectivity index (χ2n) is 7.22. The van der Waals surface area contributed by atoms with Crippen LogP contribution in [0.15, 0.2) is 53.9 Å². The van der Waals surface area contributed by atoms with E-state index in [4.69, 9.17) is 4.74 Å². The molecule has 0 spiro atoms. The Morgan fingerprint density at radius 3 is 2.41 bits per heavy atom. The van der Waals surface area contributed by atoms with E-state index in [1.807, 2.05) is 67.9 Å². The maximum atomic E-state index is 12.2. The zero-order chi connectivity index (χ0) is 20.6. The minimum absolute atomic E-state index is 0.0467. The van der Waals surface area contributed by atoms with Gasteiger partial charge in [0.25, 0.3) is 0 Å². The third-order valence-electron chi connectivity index (χ3n) is 4.44. The van der Waals surface area contributed by atoms with Crippen LogP contribution in [0.25, 0.3) is 0 Å². The maximum absolute atomic E-state index is 12.2. The van der Waals surface area contributed by atoms with Crippen molar-refractivity contribution in [3.05, 3.63) is 75.7 Å². The van der Waals surface area contributed by atoms with Crippen molar-refractivity contribution in [3.8, 4) is 5.75 Å². The summed E-state index contributed by atoms with van der Waals surface area (Å²) in [4.78, 5) is 19.0. The van der Waals surface area contributed by atoms with Crippen molar-refractivity contribution in [2.75, 3.05) is 25.5 Å². The van der Waals surface area contributed by atoms with Crippen LogP contribution in [0.4, 0.5) is 5.69 Å². The minimum atomic E-state index is -0.0467. The van der Waals surface area contributed by atoms with Gasteiger partial charge in [0.05, 0.1) is 12.1 Å². The number of hydrogen-bond donors (Lipinski definition) is 1. The van der Waals surface area contributed by atoms with E-state index in [0.717, 1.165) is 35.2 Å². The molecule has 1 N–H and O–H groups in total. The van der Waals surface area contributed by atoms with E-state index < -0.39 is 0 Å². The second-order valence-corrected chi connectivity index (χ2v) is 8.17. The second kappa shape index (κ2) is 10.2. The number of hydrogen-bond acceptors (Lipinski definition) is 5. The van der Waals surface area contributed by atoms with E-state index in [1.54, 1.807) is 0 Å². The molecular formula is C23H27N3O2S. The zero-order valence-corrected chi connectivity index (χ0v) is 18.0. The summed E-state index contributed by atoms with van der Waals surface area (Å²) in [5.74, 6) is 0.842. The number of nitrogens with zero attached hydrogens (tertiary/aromatic N) is 2. The summed E-state index contributed by atoms with van der Waals surface area (Å²) in [5.41, 5.74) is 4.18. The van der Waals surface area contributed by atoms with Gasteiger partial charge in [0.2, 0.25) is 5.91 Å².